The zero-order valence-electron chi connectivity index (χ0n) is 8.21. The molecule has 4 nitrogen and oxygen atoms in total. The monoisotopic (exact) mass is 251 g/mol. The topological polar surface area (TPSA) is 59.4 Å². The highest BCUT2D eigenvalue weighted by Crippen LogP contribution is 2.33. The van der Waals surface area contributed by atoms with Crippen molar-refractivity contribution in [3.05, 3.63) is 22.3 Å². The van der Waals surface area contributed by atoms with Crippen molar-refractivity contribution < 1.29 is 23.4 Å². The summed E-state index contributed by atoms with van der Waals surface area (Å²) in [5, 5.41) is 8.23. The normalized spacial score (nSPS) is 10.6. The number of methoxy groups -OCH3 is 1. The maximum atomic E-state index is 12.5. The Morgan fingerprint density at radius 3 is 2.75 bits per heavy atom. The number of pyridine rings is 1. The molecule has 0 saturated heterocycles. The number of nitrogens with zero attached hydrogens (tertiary/aromatic N) is 1. The van der Waals surface area contributed by atoms with E-state index in [2.05, 4.69) is 9.72 Å². The quantitative estimate of drug-likeness (QED) is 0.892. The number of hydrogen-bond acceptors (Lipinski definition) is 3. The minimum atomic E-state index is -2.81. The minimum Gasteiger partial charge on any atom is -0.481 e. The molecule has 1 N–H and O–H groups in total. The third kappa shape index (κ3) is 2.79. The highest BCUT2D eigenvalue weighted by atomic mass is 35.5. The molecule has 0 saturated carbocycles. The first-order valence-corrected chi connectivity index (χ1v) is 4.56. The molecule has 0 unspecified atom stereocenters. The summed E-state index contributed by atoms with van der Waals surface area (Å²) in [5.41, 5.74) is -0.506. The molecule has 88 valence electrons. The summed E-state index contributed by atoms with van der Waals surface area (Å²) in [6.45, 7) is 0. The molecule has 0 amide bonds. The number of carboxylic acids is 1. The van der Waals surface area contributed by atoms with E-state index in [1.165, 1.54) is 7.11 Å². The van der Waals surface area contributed by atoms with Crippen LogP contribution in [-0.4, -0.2) is 23.2 Å². The van der Waals surface area contributed by atoms with Crippen molar-refractivity contribution in [2.45, 2.75) is 12.8 Å². The summed E-state index contributed by atoms with van der Waals surface area (Å²) in [7, 11) is 1.22. The Labute approximate surface area is 94.8 Å². The lowest BCUT2D eigenvalue weighted by Gasteiger charge is -2.09. The molecule has 0 aromatic carbocycles. The molecular weight excluding hydrogens is 244 g/mol. The summed E-state index contributed by atoms with van der Waals surface area (Å²) in [4.78, 5) is 14.1. The molecular formula is C9H8ClF2NO3. The fourth-order valence-electron chi connectivity index (χ4n) is 1.12. The summed E-state index contributed by atoms with van der Waals surface area (Å²) in [6, 6.07) is 0.962. The van der Waals surface area contributed by atoms with Gasteiger partial charge in [-0.15, -0.1) is 0 Å². The Balaban J connectivity index is 3.22. The van der Waals surface area contributed by atoms with Gasteiger partial charge in [-0.05, 0) is 6.07 Å². The maximum Gasteiger partial charge on any atom is 0.309 e. The van der Waals surface area contributed by atoms with E-state index in [9.17, 15) is 13.6 Å². The lowest BCUT2D eigenvalue weighted by atomic mass is 10.2. The van der Waals surface area contributed by atoms with Crippen LogP contribution < -0.4 is 4.74 Å². The first-order valence-electron chi connectivity index (χ1n) is 4.19. The molecule has 0 bridgehead atoms. The molecule has 1 rings (SSSR count). The Hall–Kier alpha value is -1.43. The highest BCUT2D eigenvalue weighted by Gasteiger charge is 2.19. The van der Waals surface area contributed by atoms with Gasteiger partial charge in [0.1, 0.15) is 5.02 Å². The molecule has 0 aliphatic rings. The first-order chi connectivity index (χ1) is 7.45. The number of hydrogen-bond donors (Lipinski definition) is 1. The van der Waals surface area contributed by atoms with E-state index >= 15 is 0 Å². The molecule has 16 heavy (non-hydrogen) atoms. The van der Waals surface area contributed by atoms with Gasteiger partial charge >= 0.3 is 5.97 Å². The van der Waals surface area contributed by atoms with Crippen molar-refractivity contribution in [2.24, 2.45) is 0 Å². The number of rotatable bonds is 4. The minimum absolute atomic E-state index is 0.0240. The fraction of sp³-hybridized carbons (Fsp3) is 0.333. The van der Waals surface area contributed by atoms with Crippen LogP contribution in [0.4, 0.5) is 8.78 Å². The molecule has 1 heterocycles. The van der Waals surface area contributed by atoms with Crippen LogP contribution in [0.3, 0.4) is 0 Å². The molecule has 0 spiro atoms. The van der Waals surface area contributed by atoms with E-state index in [1.54, 1.807) is 0 Å². The molecule has 0 radical (unpaired) electrons. The average molecular weight is 252 g/mol. The smallest absolute Gasteiger partial charge is 0.309 e. The van der Waals surface area contributed by atoms with Gasteiger partial charge in [0, 0.05) is 5.56 Å². The lowest BCUT2D eigenvalue weighted by Crippen LogP contribution is -2.05. The Morgan fingerprint density at radius 2 is 2.31 bits per heavy atom. The van der Waals surface area contributed by atoms with E-state index in [0.29, 0.717) is 0 Å². The van der Waals surface area contributed by atoms with E-state index in [0.717, 1.165) is 6.07 Å². The highest BCUT2D eigenvalue weighted by molar-refractivity contribution is 6.32. The van der Waals surface area contributed by atoms with Crippen LogP contribution in [0, 0.1) is 0 Å². The Morgan fingerprint density at radius 1 is 1.69 bits per heavy atom. The van der Waals surface area contributed by atoms with Crippen molar-refractivity contribution in [2.75, 3.05) is 7.11 Å². The SMILES string of the molecule is COc1nc(CC(=O)O)cc(C(F)F)c1Cl. The lowest BCUT2D eigenvalue weighted by molar-refractivity contribution is -0.136. The number of carboxylic acid groups (broad SMARTS) is 1. The second-order valence-corrected chi connectivity index (χ2v) is 3.28. The maximum absolute atomic E-state index is 12.5. The third-order valence-electron chi connectivity index (χ3n) is 1.77. The largest absolute Gasteiger partial charge is 0.481 e. The molecule has 0 atom stereocenters. The molecule has 1 aromatic heterocycles. The first kappa shape index (κ1) is 12.6. The second kappa shape index (κ2) is 5.07. The Bertz CT molecular complexity index is 412. The van der Waals surface area contributed by atoms with Crippen LogP contribution in [0.5, 0.6) is 5.88 Å². The molecule has 0 fully saturated rings. The van der Waals surface area contributed by atoms with E-state index in [1.807, 2.05) is 0 Å². The van der Waals surface area contributed by atoms with Crippen molar-refractivity contribution in [1.82, 2.24) is 4.98 Å². The van der Waals surface area contributed by atoms with Gasteiger partial charge in [0.2, 0.25) is 5.88 Å². The van der Waals surface area contributed by atoms with Gasteiger partial charge in [-0.25, -0.2) is 13.8 Å². The zero-order valence-corrected chi connectivity index (χ0v) is 8.96. The predicted octanol–water partition coefficient (Wildman–Crippen LogP) is 2.31. The van der Waals surface area contributed by atoms with Crippen LogP contribution in [0.25, 0.3) is 0 Å². The van der Waals surface area contributed by atoms with Gasteiger partial charge in [-0.3, -0.25) is 4.79 Å². The number of halogens is 3. The van der Waals surface area contributed by atoms with Crippen molar-refractivity contribution in [1.29, 1.82) is 0 Å². The summed E-state index contributed by atoms with van der Waals surface area (Å²) in [6.07, 6.45) is -3.27. The van der Waals surface area contributed by atoms with Crippen LogP contribution in [-0.2, 0) is 11.2 Å². The van der Waals surface area contributed by atoms with E-state index in [-0.39, 0.29) is 16.6 Å². The molecule has 0 aliphatic heterocycles. The second-order valence-electron chi connectivity index (χ2n) is 2.90. The molecule has 7 heteroatoms. The predicted molar refractivity (Wildman–Crippen MR) is 52.1 cm³/mol. The van der Waals surface area contributed by atoms with Crippen LogP contribution in [0.1, 0.15) is 17.7 Å². The van der Waals surface area contributed by atoms with E-state index < -0.39 is 24.4 Å². The standard InChI is InChI=1S/C9H8ClF2NO3/c1-16-9-7(10)5(8(11)12)2-4(13-9)3-6(14)15/h2,8H,3H2,1H3,(H,14,15). The van der Waals surface area contributed by atoms with Crippen LogP contribution >= 0.6 is 11.6 Å². The van der Waals surface area contributed by atoms with Gasteiger partial charge < -0.3 is 9.84 Å². The fourth-order valence-corrected chi connectivity index (χ4v) is 1.37. The molecule has 0 aliphatic carbocycles. The van der Waals surface area contributed by atoms with Gasteiger partial charge in [-0.2, -0.15) is 0 Å². The van der Waals surface area contributed by atoms with Gasteiger partial charge in [-0.1, -0.05) is 11.6 Å². The van der Waals surface area contributed by atoms with Gasteiger partial charge in [0.25, 0.3) is 6.43 Å². The third-order valence-corrected chi connectivity index (χ3v) is 2.15. The molecule has 1 aromatic rings. The Kier molecular flexibility index (Phi) is 4.00. The average Bonchev–Trinajstić information content (AvgIpc) is 2.19. The number of aromatic nitrogens is 1. The number of carbonyl (C=O) groups is 1. The van der Waals surface area contributed by atoms with Crippen molar-refractivity contribution in [3.8, 4) is 5.88 Å². The van der Waals surface area contributed by atoms with Crippen LogP contribution in [0.15, 0.2) is 6.07 Å². The summed E-state index contributed by atoms with van der Waals surface area (Å²) < 4.78 is 29.8. The van der Waals surface area contributed by atoms with E-state index in [4.69, 9.17) is 16.7 Å². The van der Waals surface area contributed by atoms with Crippen LogP contribution in [0.2, 0.25) is 5.02 Å². The van der Waals surface area contributed by atoms with Crippen molar-refractivity contribution in [3.63, 3.8) is 0 Å². The number of aliphatic carboxylic acids is 1. The number of alkyl halides is 2. The summed E-state index contributed by atoms with van der Waals surface area (Å²) >= 11 is 5.60. The zero-order chi connectivity index (χ0) is 12.3. The van der Waals surface area contributed by atoms with Gasteiger partial charge in [0.15, 0.2) is 0 Å². The van der Waals surface area contributed by atoms with Crippen molar-refractivity contribution >= 4 is 17.6 Å². The summed E-state index contributed by atoms with van der Waals surface area (Å²) in [5.74, 6) is -1.37. The van der Waals surface area contributed by atoms with Gasteiger partial charge in [0.05, 0.1) is 19.2 Å². The number of ether oxygens (including phenoxy) is 1.